The lowest BCUT2D eigenvalue weighted by atomic mass is 10.1. The number of nitrogens with zero attached hydrogens (tertiary/aromatic N) is 1. The Hall–Kier alpha value is -1.55. The van der Waals surface area contributed by atoms with Crippen LogP contribution in [-0.2, 0) is 4.79 Å². The van der Waals surface area contributed by atoms with E-state index in [9.17, 15) is 4.79 Å². The van der Waals surface area contributed by atoms with Crippen molar-refractivity contribution >= 4 is 5.91 Å². The van der Waals surface area contributed by atoms with Crippen molar-refractivity contribution in [2.75, 3.05) is 7.11 Å². The highest BCUT2D eigenvalue weighted by Gasteiger charge is 2.49. The zero-order valence-corrected chi connectivity index (χ0v) is 13.2. The molecular weight excluding hydrogens is 264 g/mol. The van der Waals surface area contributed by atoms with Crippen LogP contribution in [0.3, 0.4) is 0 Å². The molecule has 4 nitrogen and oxygen atoms in total. The van der Waals surface area contributed by atoms with Crippen LogP contribution in [-0.4, -0.2) is 30.0 Å². The maximum absolute atomic E-state index is 12.6. The molecule has 1 aromatic carbocycles. The summed E-state index contributed by atoms with van der Waals surface area (Å²) in [6.45, 7) is 6.32. The summed E-state index contributed by atoms with van der Waals surface area (Å²) in [6, 6.07) is 6.53. The molecule has 4 unspecified atom stereocenters. The van der Waals surface area contributed by atoms with Gasteiger partial charge in [-0.1, -0.05) is 19.9 Å². The van der Waals surface area contributed by atoms with Crippen molar-refractivity contribution in [1.82, 2.24) is 10.2 Å². The van der Waals surface area contributed by atoms with Crippen molar-refractivity contribution in [2.45, 2.75) is 51.9 Å². The summed E-state index contributed by atoms with van der Waals surface area (Å²) in [6.07, 6.45) is 1.96. The quantitative estimate of drug-likeness (QED) is 0.926. The third-order valence-corrected chi connectivity index (χ3v) is 4.76. The topological polar surface area (TPSA) is 41.6 Å². The van der Waals surface area contributed by atoms with Gasteiger partial charge in [0, 0.05) is 6.04 Å². The SMILES string of the molecule is CCC1NC(c2ccc(OC)c(C)c2)N(C2CC2C)C1=O. The Kier molecular flexibility index (Phi) is 3.66. The molecule has 1 amide bonds. The van der Waals surface area contributed by atoms with E-state index in [0.717, 1.165) is 29.7 Å². The van der Waals surface area contributed by atoms with Crippen LogP contribution >= 0.6 is 0 Å². The second-order valence-electron chi connectivity index (χ2n) is 6.28. The number of methoxy groups -OCH3 is 1. The first-order chi connectivity index (χ1) is 10.1. The Morgan fingerprint density at radius 1 is 1.43 bits per heavy atom. The van der Waals surface area contributed by atoms with Gasteiger partial charge in [-0.25, -0.2) is 0 Å². The predicted molar refractivity (Wildman–Crippen MR) is 82.1 cm³/mol. The number of aryl methyl sites for hydroxylation is 1. The molecule has 1 saturated heterocycles. The van der Waals surface area contributed by atoms with Gasteiger partial charge >= 0.3 is 0 Å². The van der Waals surface area contributed by atoms with Gasteiger partial charge in [-0.15, -0.1) is 0 Å². The normalized spacial score (nSPS) is 31.6. The number of benzene rings is 1. The molecule has 114 valence electrons. The maximum atomic E-state index is 12.6. The lowest BCUT2D eigenvalue weighted by Crippen LogP contribution is -2.33. The van der Waals surface area contributed by atoms with Crippen molar-refractivity contribution in [3.8, 4) is 5.75 Å². The fraction of sp³-hybridized carbons (Fsp3) is 0.588. The highest BCUT2D eigenvalue weighted by atomic mass is 16.5. The first kappa shape index (κ1) is 14.4. The van der Waals surface area contributed by atoms with Gasteiger partial charge < -0.3 is 9.64 Å². The number of hydrogen-bond donors (Lipinski definition) is 1. The molecule has 1 aliphatic carbocycles. The number of carbonyl (C=O) groups is 1. The number of carbonyl (C=O) groups excluding carboxylic acids is 1. The van der Waals surface area contributed by atoms with Crippen LogP contribution in [0.5, 0.6) is 5.75 Å². The minimum atomic E-state index is -0.0507. The van der Waals surface area contributed by atoms with E-state index in [-0.39, 0.29) is 18.1 Å². The second-order valence-corrected chi connectivity index (χ2v) is 6.28. The van der Waals surface area contributed by atoms with E-state index in [1.54, 1.807) is 7.11 Å². The Bertz CT molecular complexity index is 558. The molecule has 4 atom stereocenters. The molecule has 1 heterocycles. The summed E-state index contributed by atoms with van der Waals surface area (Å²) in [4.78, 5) is 14.7. The van der Waals surface area contributed by atoms with E-state index in [2.05, 4.69) is 36.2 Å². The number of nitrogens with one attached hydrogen (secondary N) is 1. The molecule has 1 aliphatic heterocycles. The summed E-state index contributed by atoms with van der Waals surface area (Å²) >= 11 is 0. The average Bonchev–Trinajstić information content (AvgIpc) is 3.08. The van der Waals surface area contributed by atoms with Crippen molar-refractivity contribution in [1.29, 1.82) is 0 Å². The van der Waals surface area contributed by atoms with E-state index in [4.69, 9.17) is 4.74 Å². The lowest BCUT2D eigenvalue weighted by molar-refractivity contribution is -0.130. The Labute approximate surface area is 126 Å². The summed E-state index contributed by atoms with van der Waals surface area (Å²) in [5.41, 5.74) is 2.25. The monoisotopic (exact) mass is 288 g/mol. The third-order valence-electron chi connectivity index (χ3n) is 4.76. The first-order valence-electron chi connectivity index (χ1n) is 7.79. The fourth-order valence-corrected chi connectivity index (χ4v) is 3.32. The van der Waals surface area contributed by atoms with E-state index >= 15 is 0 Å². The molecule has 4 heteroatoms. The summed E-state index contributed by atoms with van der Waals surface area (Å²) in [5.74, 6) is 1.76. The van der Waals surface area contributed by atoms with E-state index in [1.807, 2.05) is 13.0 Å². The van der Waals surface area contributed by atoms with Crippen LogP contribution in [0.1, 0.15) is 44.0 Å². The van der Waals surface area contributed by atoms with Crippen LogP contribution in [0, 0.1) is 12.8 Å². The summed E-state index contributed by atoms with van der Waals surface area (Å²) in [7, 11) is 1.69. The van der Waals surface area contributed by atoms with Gasteiger partial charge in [-0.05, 0) is 48.9 Å². The molecule has 21 heavy (non-hydrogen) atoms. The summed E-state index contributed by atoms with van der Waals surface area (Å²) in [5, 5.41) is 3.50. The molecular formula is C17H24N2O2. The molecule has 0 radical (unpaired) electrons. The van der Waals surface area contributed by atoms with E-state index in [0.29, 0.717) is 12.0 Å². The third kappa shape index (κ3) is 2.42. The van der Waals surface area contributed by atoms with Crippen LogP contribution in [0.2, 0.25) is 0 Å². The van der Waals surface area contributed by atoms with E-state index < -0.39 is 0 Å². The number of ether oxygens (including phenoxy) is 1. The van der Waals surface area contributed by atoms with Gasteiger partial charge in [0.25, 0.3) is 0 Å². The van der Waals surface area contributed by atoms with Gasteiger partial charge in [0.2, 0.25) is 5.91 Å². The van der Waals surface area contributed by atoms with Gasteiger partial charge in [0.15, 0.2) is 0 Å². The molecule has 1 saturated carbocycles. The highest BCUT2D eigenvalue weighted by molar-refractivity contribution is 5.85. The highest BCUT2D eigenvalue weighted by Crippen LogP contribution is 2.42. The van der Waals surface area contributed by atoms with Crippen LogP contribution in [0.25, 0.3) is 0 Å². The molecule has 1 aromatic rings. The number of amides is 1. The molecule has 0 spiro atoms. The Morgan fingerprint density at radius 3 is 2.67 bits per heavy atom. The summed E-state index contributed by atoms with van der Waals surface area (Å²) < 4.78 is 5.33. The molecule has 1 N–H and O–H groups in total. The van der Waals surface area contributed by atoms with Crippen molar-refractivity contribution in [3.63, 3.8) is 0 Å². The molecule has 2 aliphatic rings. The van der Waals surface area contributed by atoms with Crippen LogP contribution in [0.15, 0.2) is 18.2 Å². The lowest BCUT2D eigenvalue weighted by Gasteiger charge is -2.25. The van der Waals surface area contributed by atoms with Gasteiger partial charge in [0.05, 0.1) is 13.2 Å². The standard InChI is InChI=1S/C17H24N2O2/c1-5-13-17(20)19(14-9-10(14)2)16(18-13)12-6-7-15(21-4)11(3)8-12/h6-8,10,13-14,16,18H,5,9H2,1-4H3. The number of hydrogen-bond acceptors (Lipinski definition) is 3. The zero-order chi connectivity index (χ0) is 15.1. The zero-order valence-electron chi connectivity index (χ0n) is 13.2. The molecule has 0 aromatic heterocycles. The second kappa shape index (κ2) is 5.34. The Balaban J connectivity index is 1.91. The largest absolute Gasteiger partial charge is 0.496 e. The van der Waals surface area contributed by atoms with Gasteiger partial charge in [0.1, 0.15) is 11.9 Å². The van der Waals surface area contributed by atoms with Crippen molar-refractivity contribution < 1.29 is 9.53 Å². The minimum absolute atomic E-state index is 0.00186. The molecule has 2 fully saturated rings. The molecule has 0 bridgehead atoms. The van der Waals surface area contributed by atoms with Gasteiger partial charge in [-0.2, -0.15) is 0 Å². The fourth-order valence-electron chi connectivity index (χ4n) is 3.32. The average molecular weight is 288 g/mol. The van der Waals surface area contributed by atoms with E-state index in [1.165, 1.54) is 0 Å². The minimum Gasteiger partial charge on any atom is -0.496 e. The molecule has 3 rings (SSSR count). The van der Waals surface area contributed by atoms with Crippen LogP contribution in [0.4, 0.5) is 0 Å². The Morgan fingerprint density at radius 2 is 2.14 bits per heavy atom. The number of rotatable bonds is 4. The first-order valence-corrected chi connectivity index (χ1v) is 7.79. The van der Waals surface area contributed by atoms with Gasteiger partial charge in [-0.3, -0.25) is 10.1 Å². The maximum Gasteiger partial charge on any atom is 0.241 e. The van der Waals surface area contributed by atoms with Crippen LogP contribution < -0.4 is 10.1 Å². The smallest absolute Gasteiger partial charge is 0.241 e. The predicted octanol–water partition coefficient (Wildman–Crippen LogP) is 2.62. The van der Waals surface area contributed by atoms with Crippen molar-refractivity contribution in [3.05, 3.63) is 29.3 Å². The van der Waals surface area contributed by atoms with Crippen molar-refractivity contribution in [2.24, 2.45) is 5.92 Å².